The Morgan fingerprint density at radius 3 is 2.43 bits per heavy atom. The van der Waals surface area contributed by atoms with E-state index < -0.39 is 5.97 Å². The van der Waals surface area contributed by atoms with Crippen LogP contribution in [0.15, 0.2) is 36.4 Å². The molecule has 2 rings (SSSR count). The highest BCUT2D eigenvalue weighted by molar-refractivity contribution is 5.98. The first-order chi connectivity index (χ1) is 10.0. The van der Waals surface area contributed by atoms with Crippen molar-refractivity contribution in [3.63, 3.8) is 0 Å². The zero-order chi connectivity index (χ0) is 15.4. The highest BCUT2D eigenvalue weighted by Crippen LogP contribution is 2.25. The topological polar surface area (TPSA) is 61.5 Å². The molecule has 0 fully saturated rings. The van der Waals surface area contributed by atoms with E-state index in [1.165, 1.54) is 7.11 Å². The normalized spacial score (nSPS) is 10.2. The van der Waals surface area contributed by atoms with E-state index in [2.05, 4.69) is 6.07 Å². The van der Waals surface area contributed by atoms with Crippen molar-refractivity contribution in [2.75, 3.05) is 12.8 Å². The van der Waals surface area contributed by atoms with E-state index in [-0.39, 0.29) is 12.2 Å². The lowest BCUT2D eigenvalue weighted by molar-refractivity contribution is 0.0470. The van der Waals surface area contributed by atoms with Gasteiger partial charge in [-0.25, -0.2) is 4.79 Å². The van der Waals surface area contributed by atoms with E-state index in [1.807, 2.05) is 26.0 Å². The summed E-state index contributed by atoms with van der Waals surface area (Å²) < 4.78 is 10.5. The van der Waals surface area contributed by atoms with Gasteiger partial charge in [0.2, 0.25) is 0 Å². The third kappa shape index (κ3) is 3.54. The maximum atomic E-state index is 12.2. The fourth-order valence-electron chi connectivity index (χ4n) is 2.31. The molecule has 2 aromatic rings. The molecular formula is C17H19NO3. The van der Waals surface area contributed by atoms with Crippen molar-refractivity contribution >= 4 is 11.7 Å². The van der Waals surface area contributed by atoms with Crippen LogP contribution in [0.5, 0.6) is 5.75 Å². The number of methoxy groups -OCH3 is 1. The number of carbonyl (C=O) groups is 1. The molecule has 0 heterocycles. The standard InChI is InChI=1S/C17H19NO3/c1-11-7-12(2)9-13(8-11)10-21-17(19)16-14(18)5-4-6-15(16)20-3/h4-9H,10,18H2,1-3H3. The Balaban J connectivity index is 2.15. The highest BCUT2D eigenvalue weighted by atomic mass is 16.5. The Labute approximate surface area is 124 Å². The van der Waals surface area contributed by atoms with Crippen molar-refractivity contribution in [1.29, 1.82) is 0 Å². The monoisotopic (exact) mass is 285 g/mol. The second-order valence-electron chi connectivity index (χ2n) is 5.00. The van der Waals surface area contributed by atoms with Gasteiger partial charge in [-0.15, -0.1) is 0 Å². The van der Waals surface area contributed by atoms with Gasteiger partial charge in [0.1, 0.15) is 17.9 Å². The number of aryl methyl sites for hydroxylation is 2. The van der Waals surface area contributed by atoms with Gasteiger partial charge in [-0.1, -0.05) is 35.4 Å². The number of ether oxygens (including phenoxy) is 2. The lowest BCUT2D eigenvalue weighted by atomic mass is 10.1. The number of carbonyl (C=O) groups excluding carboxylic acids is 1. The molecule has 2 aromatic carbocycles. The van der Waals surface area contributed by atoms with Crippen LogP contribution in [0.1, 0.15) is 27.0 Å². The third-order valence-corrected chi connectivity index (χ3v) is 3.13. The lowest BCUT2D eigenvalue weighted by Crippen LogP contribution is -2.10. The summed E-state index contributed by atoms with van der Waals surface area (Å²) in [6, 6.07) is 11.1. The molecule has 4 nitrogen and oxygen atoms in total. The van der Waals surface area contributed by atoms with E-state index in [9.17, 15) is 4.79 Å². The molecule has 0 amide bonds. The largest absolute Gasteiger partial charge is 0.496 e. The van der Waals surface area contributed by atoms with E-state index >= 15 is 0 Å². The molecule has 0 saturated carbocycles. The number of esters is 1. The van der Waals surface area contributed by atoms with E-state index in [0.717, 1.165) is 16.7 Å². The second-order valence-corrected chi connectivity index (χ2v) is 5.00. The van der Waals surface area contributed by atoms with Crippen molar-refractivity contribution in [3.8, 4) is 5.75 Å². The highest BCUT2D eigenvalue weighted by Gasteiger charge is 2.17. The molecule has 4 heteroatoms. The van der Waals surface area contributed by atoms with Gasteiger partial charge in [-0.05, 0) is 31.5 Å². The lowest BCUT2D eigenvalue weighted by Gasteiger charge is -2.11. The average molecular weight is 285 g/mol. The van der Waals surface area contributed by atoms with Crippen molar-refractivity contribution in [2.45, 2.75) is 20.5 Å². The summed E-state index contributed by atoms with van der Waals surface area (Å²) in [5, 5.41) is 0. The fourth-order valence-corrected chi connectivity index (χ4v) is 2.31. The molecular weight excluding hydrogens is 266 g/mol. The Morgan fingerprint density at radius 2 is 1.81 bits per heavy atom. The minimum absolute atomic E-state index is 0.207. The minimum Gasteiger partial charge on any atom is -0.496 e. The number of hydrogen-bond donors (Lipinski definition) is 1. The molecule has 0 saturated heterocycles. The zero-order valence-corrected chi connectivity index (χ0v) is 12.5. The van der Waals surface area contributed by atoms with Gasteiger partial charge in [0.05, 0.1) is 7.11 Å². The third-order valence-electron chi connectivity index (χ3n) is 3.13. The van der Waals surface area contributed by atoms with Crippen molar-refractivity contribution in [1.82, 2.24) is 0 Å². The molecule has 0 aliphatic carbocycles. The quantitative estimate of drug-likeness (QED) is 0.692. The van der Waals surface area contributed by atoms with Gasteiger partial charge >= 0.3 is 5.97 Å². The number of hydrogen-bond acceptors (Lipinski definition) is 4. The SMILES string of the molecule is COc1cccc(N)c1C(=O)OCc1cc(C)cc(C)c1. The van der Waals surface area contributed by atoms with Crippen LogP contribution in [0.25, 0.3) is 0 Å². The smallest absolute Gasteiger partial charge is 0.344 e. The van der Waals surface area contributed by atoms with E-state index in [4.69, 9.17) is 15.2 Å². The van der Waals surface area contributed by atoms with Crippen molar-refractivity contribution < 1.29 is 14.3 Å². The second kappa shape index (κ2) is 6.31. The Bertz CT molecular complexity index is 645. The number of benzene rings is 2. The van der Waals surface area contributed by atoms with Crippen LogP contribution in [0.4, 0.5) is 5.69 Å². The fraction of sp³-hybridized carbons (Fsp3) is 0.235. The summed E-state index contributed by atoms with van der Waals surface area (Å²) in [5.41, 5.74) is 9.68. The number of nitrogens with two attached hydrogens (primary N) is 1. The number of rotatable bonds is 4. The van der Waals surface area contributed by atoms with Crippen molar-refractivity contribution in [2.24, 2.45) is 0 Å². The van der Waals surface area contributed by atoms with Gasteiger partial charge in [-0.3, -0.25) is 0 Å². The van der Waals surface area contributed by atoms with Gasteiger partial charge in [-0.2, -0.15) is 0 Å². The Hall–Kier alpha value is -2.49. The summed E-state index contributed by atoms with van der Waals surface area (Å²) >= 11 is 0. The van der Waals surface area contributed by atoms with E-state index in [0.29, 0.717) is 11.4 Å². The zero-order valence-electron chi connectivity index (χ0n) is 12.5. The predicted octanol–water partition coefficient (Wildman–Crippen LogP) is 3.25. The molecule has 110 valence electrons. The van der Waals surface area contributed by atoms with Crippen molar-refractivity contribution in [3.05, 3.63) is 58.7 Å². The summed E-state index contributed by atoms with van der Waals surface area (Å²) in [6.45, 7) is 4.23. The van der Waals surface area contributed by atoms with Gasteiger partial charge in [0.15, 0.2) is 0 Å². The molecule has 0 aliphatic rings. The Morgan fingerprint density at radius 1 is 1.14 bits per heavy atom. The van der Waals surface area contributed by atoms with Crippen LogP contribution in [0.2, 0.25) is 0 Å². The van der Waals surface area contributed by atoms with E-state index in [1.54, 1.807) is 18.2 Å². The minimum atomic E-state index is -0.482. The summed E-state index contributed by atoms with van der Waals surface area (Å²) in [5.74, 6) is -0.0652. The summed E-state index contributed by atoms with van der Waals surface area (Å²) in [7, 11) is 1.50. The van der Waals surface area contributed by atoms with Gasteiger partial charge < -0.3 is 15.2 Å². The Kier molecular flexibility index (Phi) is 4.48. The maximum absolute atomic E-state index is 12.2. The molecule has 0 aromatic heterocycles. The van der Waals surface area contributed by atoms with Crippen LogP contribution in [-0.2, 0) is 11.3 Å². The first-order valence-electron chi connectivity index (χ1n) is 6.68. The average Bonchev–Trinajstić information content (AvgIpc) is 2.43. The predicted molar refractivity (Wildman–Crippen MR) is 82.4 cm³/mol. The molecule has 0 aliphatic heterocycles. The maximum Gasteiger partial charge on any atom is 0.344 e. The number of nitrogen functional groups attached to an aromatic ring is 1. The molecule has 2 N–H and O–H groups in total. The molecule has 0 radical (unpaired) electrons. The van der Waals surface area contributed by atoms with Gasteiger partial charge in [0.25, 0.3) is 0 Å². The first kappa shape index (κ1) is 14.9. The first-order valence-corrected chi connectivity index (χ1v) is 6.68. The van der Waals surface area contributed by atoms with Crippen LogP contribution in [0.3, 0.4) is 0 Å². The molecule has 0 atom stereocenters. The molecule has 0 spiro atoms. The molecule has 21 heavy (non-hydrogen) atoms. The molecule has 0 unspecified atom stereocenters. The van der Waals surface area contributed by atoms with Crippen LogP contribution in [-0.4, -0.2) is 13.1 Å². The summed E-state index contributed by atoms with van der Waals surface area (Å²) in [4.78, 5) is 12.2. The molecule has 0 bridgehead atoms. The van der Waals surface area contributed by atoms with Crippen LogP contribution in [0, 0.1) is 13.8 Å². The number of anilines is 1. The van der Waals surface area contributed by atoms with Crippen LogP contribution >= 0.6 is 0 Å². The summed E-state index contributed by atoms with van der Waals surface area (Å²) in [6.07, 6.45) is 0. The van der Waals surface area contributed by atoms with Gasteiger partial charge in [0, 0.05) is 5.69 Å². The van der Waals surface area contributed by atoms with Crippen LogP contribution < -0.4 is 10.5 Å².